The molecule has 1 unspecified atom stereocenters. The molecule has 2 aromatic rings. The second kappa shape index (κ2) is 7.41. The first kappa shape index (κ1) is 17.9. The van der Waals surface area contributed by atoms with E-state index in [1.165, 1.54) is 56.5 Å². The summed E-state index contributed by atoms with van der Waals surface area (Å²) < 4.78 is 44.9. The first-order valence-corrected chi connectivity index (χ1v) is 8.53. The Morgan fingerprint density at radius 3 is 2.42 bits per heavy atom. The number of benzene rings is 2. The van der Waals surface area contributed by atoms with Crippen molar-refractivity contribution in [3.05, 3.63) is 54.3 Å². The quantitative estimate of drug-likeness (QED) is 0.834. The zero-order valence-corrected chi connectivity index (χ0v) is 13.9. The first-order chi connectivity index (χ1) is 11.3. The van der Waals surface area contributed by atoms with Gasteiger partial charge in [-0.05, 0) is 49.4 Å². The second-order valence-corrected chi connectivity index (χ2v) is 6.73. The van der Waals surface area contributed by atoms with Crippen LogP contribution < -0.4 is 14.8 Å². The average Bonchev–Trinajstić information content (AvgIpc) is 2.54. The summed E-state index contributed by atoms with van der Waals surface area (Å²) in [6.45, 7) is 1.40. The number of carbonyl (C=O) groups is 1. The Labute approximate surface area is 139 Å². The van der Waals surface area contributed by atoms with E-state index in [0.29, 0.717) is 5.75 Å². The van der Waals surface area contributed by atoms with Crippen LogP contribution in [0.25, 0.3) is 0 Å². The highest BCUT2D eigenvalue weighted by Crippen LogP contribution is 2.16. The van der Waals surface area contributed by atoms with Crippen molar-refractivity contribution in [2.24, 2.45) is 0 Å². The molecule has 2 N–H and O–H groups in total. The topological polar surface area (TPSA) is 84.5 Å². The number of carbonyl (C=O) groups excluding carboxylic acids is 1. The number of hydrogen-bond donors (Lipinski definition) is 2. The van der Waals surface area contributed by atoms with E-state index in [1.54, 1.807) is 0 Å². The smallest absolute Gasteiger partial charge is 0.242 e. The van der Waals surface area contributed by atoms with Crippen LogP contribution in [0.1, 0.15) is 6.92 Å². The fourth-order valence-electron chi connectivity index (χ4n) is 1.93. The molecule has 0 bridgehead atoms. The molecule has 24 heavy (non-hydrogen) atoms. The molecule has 0 saturated carbocycles. The van der Waals surface area contributed by atoms with Crippen LogP contribution in [0.3, 0.4) is 0 Å². The van der Waals surface area contributed by atoms with Crippen molar-refractivity contribution >= 4 is 21.6 Å². The molecule has 1 atom stereocenters. The Balaban J connectivity index is 2.06. The number of hydrogen-bond acceptors (Lipinski definition) is 4. The summed E-state index contributed by atoms with van der Waals surface area (Å²) in [6, 6.07) is 10.0. The van der Waals surface area contributed by atoms with Crippen molar-refractivity contribution in [2.75, 3.05) is 12.4 Å². The number of methoxy groups -OCH3 is 1. The van der Waals surface area contributed by atoms with Gasteiger partial charge < -0.3 is 10.1 Å². The van der Waals surface area contributed by atoms with Gasteiger partial charge in [0.2, 0.25) is 15.9 Å². The number of ether oxygens (including phenoxy) is 1. The minimum absolute atomic E-state index is 0.00806. The molecule has 0 aliphatic rings. The van der Waals surface area contributed by atoms with Crippen molar-refractivity contribution < 1.29 is 22.3 Å². The van der Waals surface area contributed by atoms with E-state index >= 15 is 0 Å². The van der Waals surface area contributed by atoms with Crippen LogP contribution in [0, 0.1) is 5.82 Å². The van der Waals surface area contributed by atoms with Gasteiger partial charge in [-0.25, -0.2) is 12.8 Å². The molecule has 128 valence electrons. The molecule has 8 heteroatoms. The van der Waals surface area contributed by atoms with Crippen LogP contribution in [0.4, 0.5) is 10.1 Å². The number of nitrogens with one attached hydrogen (secondary N) is 2. The van der Waals surface area contributed by atoms with E-state index in [-0.39, 0.29) is 10.6 Å². The summed E-state index contributed by atoms with van der Waals surface area (Å²) in [5, 5.41) is 2.45. The maximum atomic E-state index is 13.1. The third kappa shape index (κ3) is 4.53. The largest absolute Gasteiger partial charge is 0.497 e. The van der Waals surface area contributed by atoms with E-state index < -0.39 is 27.8 Å². The second-order valence-electron chi connectivity index (χ2n) is 5.02. The Bertz CT molecular complexity index is 822. The van der Waals surface area contributed by atoms with Gasteiger partial charge in [0.15, 0.2) is 0 Å². The molecule has 0 spiro atoms. The molecule has 0 radical (unpaired) electrons. The molecular formula is C16H17FN2O4S. The summed E-state index contributed by atoms with van der Waals surface area (Å²) in [7, 11) is -2.40. The molecule has 6 nitrogen and oxygen atoms in total. The summed E-state index contributed by atoms with van der Waals surface area (Å²) >= 11 is 0. The lowest BCUT2D eigenvalue weighted by Gasteiger charge is -2.14. The zero-order chi connectivity index (χ0) is 17.7. The van der Waals surface area contributed by atoms with E-state index in [2.05, 4.69) is 10.0 Å². The highest BCUT2D eigenvalue weighted by atomic mass is 32.2. The predicted octanol–water partition coefficient (Wildman–Crippen LogP) is 2.14. The molecule has 0 saturated heterocycles. The normalized spacial score (nSPS) is 12.5. The number of sulfonamides is 1. The van der Waals surface area contributed by atoms with E-state index in [1.807, 2.05) is 0 Å². The van der Waals surface area contributed by atoms with Gasteiger partial charge >= 0.3 is 0 Å². The number of amides is 1. The molecule has 2 rings (SSSR count). The number of rotatable bonds is 6. The Morgan fingerprint density at radius 2 is 1.83 bits per heavy atom. The molecule has 0 aliphatic carbocycles. The Hall–Kier alpha value is -2.45. The third-order valence-electron chi connectivity index (χ3n) is 3.19. The Kier molecular flexibility index (Phi) is 5.53. The fraction of sp³-hybridized carbons (Fsp3) is 0.188. The maximum absolute atomic E-state index is 13.1. The lowest BCUT2D eigenvalue weighted by atomic mass is 10.3. The third-order valence-corrected chi connectivity index (χ3v) is 4.74. The van der Waals surface area contributed by atoms with Gasteiger partial charge in [-0.15, -0.1) is 0 Å². The molecule has 0 heterocycles. The van der Waals surface area contributed by atoms with Gasteiger partial charge in [-0.1, -0.05) is 6.07 Å². The molecule has 0 fully saturated rings. The van der Waals surface area contributed by atoms with Crippen molar-refractivity contribution in [2.45, 2.75) is 17.9 Å². The zero-order valence-electron chi connectivity index (χ0n) is 13.1. The lowest BCUT2D eigenvalue weighted by molar-refractivity contribution is -0.117. The Morgan fingerprint density at radius 1 is 1.17 bits per heavy atom. The van der Waals surface area contributed by atoms with Crippen LogP contribution in [0.5, 0.6) is 5.75 Å². The molecule has 2 aromatic carbocycles. The minimum atomic E-state index is -3.87. The number of halogens is 1. The van der Waals surface area contributed by atoms with Gasteiger partial charge in [0.25, 0.3) is 0 Å². The van der Waals surface area contributed by atoms with Crippen LogP contribution in [0.2, 0.25) is 0 Å². The summed E-state index contributed by atoms with van der Waals surface area (Å²) in [5.74, 6) is -0.581. The summed E-state index contributed by atoms with van der Waals surface area (Å²) in [6.07, 6.45) is 0. The molecule has 1 amide bonds. The SMILES string of the molecule is COc1ccc(S(=O)(=O)NC(C)C(=O)Nc2cccc(F)c2)cc1. The number of anilines is 1. The first-order valence-electron chi connectivity index (χ1n) is 7.04. The highest BCUT2D eigenvalue weighted by molar-refractivity contribution is 7.89. The summed E-state index contributed by atoms with van der Waals surface area (Å²) in [5.41, 5.74) is 0.246. The predicted molar refractivity (Wildman–Crippen MR) is 87.8 cm³/mol. The monoisotopic (exact) mass is 352 g/mol. The van der Waals surface area contributed by atoms with Crippen molar-refractivity contribution in [3.8, 4) is 5.75 Å². The maximum Gasteiger partial charge on any atom is 0.242 e. The van der Waals surface area contributed by atoms with Gasteiger partial charge in [-0.2, -0.15) is 4.72 Å². The van der Waals surface area contributed by atoms with E-state index in [0.717, 1.165) is 6.07 Å². The van der Waals surface area contributed by atoms with Crippen molar-refractivity contribution in [3.63, 3.8) is 0 Å². The van der Waals surface area contributed by atoms with Gasteiger partial charge in [0.05, 0.1) is 18.0 Å². The van der Waals surface area contributed by atoms with Crippen LogP contribution in [0.15, 0.2) is 53.4 Å². The van der Waals surface area contributed by atoms with Crippen molar-refractivity contribution in [1.29, 1.82) is 0 Å². The van der Waals surface area contributed by atoms with E-state index in [9.17, 15) is 17.6 Å². The van der Waals surface area contributed by atoms with E-state index in [4.69, 9.17) is 4.74 Å². The summed E-state index contributed by atoms with van der Waals surface area (Å²) in [4.78, 5) is 12.1. The van der Waals surface area contributed by atoms with Gasteiger partial charge in [-0.3, -0.25) is 4.79 Å². The van der Waals surface area contributed by atoms with Crippen LogP contribution >= 0.6 is 0 Å². The van der Waals surface area contributed by atoms with Crippen molar-refractivity contribution in [1.82, 2.24) is 4.72 Å². The average molecular weight is 352 g/mol. The fourth-order valence-corrected chi connectivity index (χ4v) is 3.13. The minimum Gasteiger partial charge on any atom is -0.497 e. The van der Waals surface area contributed by atoms with Gasteiger partial charge in [0, 0.05) is 5.69 Å². The van der Waals surface area contributed by atoms with Crippen LogP contribution in [-0.4, -0.2) is 27.5 Å². The lowest BCUT2D eigenvalue weighted by Crippen LogP contribution is -2.41. The molecule has 0 aliphatic heterocycles. The van der Waals surface area contributed by atoms with Crippen LogP contribution in [-0.2, 0) is 14.8 Å². The molecular weight excluding hydrogens is 335 g/mol. The molecule has 0 aromatic heterocycles. The highest BCUT2D eigenvalue weighted by Gasteiger charge is 2.22. The van der Waals surface area contributed by atoms with Gasteiger partial charge in [0.1, 0.15) is 11.6 Å². The standard InChI is InChI=1S/C16H17FN2O4S/c1-11(16(20)18-13-5-3-4-12(17)10-13)19-24(21,22)15-8-6-14(23-2)7-9-15/h3-11,19H,1-2H3,(H,18,20).